The quantitative estimate of drug-likeness (QED) is 0.429. The predicted octanol–water partition coefficient (Wildman–Crippen LogP) is 3.31. The van der Waals surface area contributed by atoms with Gasteiger partial charge in [-0.1, -0.05) is 17.4 Å². The summed E-state index contributed by atoms with van der Waals surface area (Å²) in [5.41, 5.74) is 3.05. The van der Waals surface area contributed by atoms with E-state index in [0.717, 1.165) is 15.3 Å². The lowest BCUT2D eigenvalue weighted by atomic mass is 10.1. The molecule has 9 nitrogen and oxygen atoms in total. The molecule has 10 heteroatoms. The van der Waals surface area contributed by atoms with Crippen molar-refractivity contribution in [3.8, 4) is 0 Å². The second-order valence-corrected chi connectivity index (χ2v) is 9.32. The van der Waals surface area contributed by atoms with Crippen LogP contribution in [0, 0.1) is 17.0 Å². The van der Waals surface area contributed by atoms with E-state index in [1.807, 2.05) is 11.0 Å². The fourth-order valence-corrected chi connectivity index (χ4v) is 5.43. The lowest BCUT2D eigenvalue weighted by molar-refractivity contribution is -0.384. The summed E-state index contributed by atoms with van der Waals surface area (Å²) in [5.74, 6) is -0.175. The Morgan fingerprint density at radius 1 is 1.03 bits per heavy atom. The number of carbonyl (C=O) groups is 1. The molecule has 2 saturated heterocycles. The van der Waals surface area contributed by atoms with Gasteiger partial charge in [0.1, 0.15) is 5.69 Å². The van der Waals surface area contributed by atoms with Gasteiger partial charge < -0.3 is 19.4 Å². The Morgan fingerprint density at radius 3 is 2.52 bits per heavy atom. The maximum atomic E-state index is 13.1. The summed E-state index contributed by atoms with van der Waals surface area (Å²) < 4.78 is 6.51. The van der Waals surface area contributed by atoms with Gasteiger partial charge in [0.15, 0.2) is 5.13 Å². The number of thiazole rings is 1. The summed E-state index contributed by atoms with van der Waals surface area (Å²) in [6.45, 7) is 6.80. The van der Waals surface area contributed by atoms with Crippen LogP contribution >= 0.6 is 11.3 Å². The Bertz CT molecular complexity index is 1200. The van der Waals surface area contributed by atoms with Crippen LogP contribution in [0.2, 0.25) is 0 Å². The molecule has 3 heterocycles. The third-order valence-corrected chi connectivity index (χ3v) is 7.22. The summed E-state index contributed by atoms with van der Waals surface area (Å²) in [6, 6.07) is 11.0. The Labute approximate surface area is 195 Å². The van der Waals surface area contributed by atoms with Crippen LogP contribution in [-0.2, 0) is 4.74 Å². The number of ether oxygens (including phenoxy) is 1. The van der Waals surface area contributed by atoms with Crippen molar-refractivity contribution in [3.05, 3.63) is 57.6 Å². The molecule has 5 rings (SSSR count). The van der Waals surface area contributed by atoms with E-state index in [-0.39, 0.29) is 11.6 Å². The minimum Gasteiger partial charge on any atom is -0.378 e. The van der Waals surface area contributed by atoms with Crippen LogP contribution in [0.4, 0.5) is 16.5 Å². The highest BCUT2D eigenvalue weighted by atomic mass is 32.1. The predicted molar refractivity (Wildman–Crippen MR) is 129 cm³/mol. The number of morpholine rings is 1. The van der Waals surface area contributed by atoms with E-state index in [2.05, 4.69) is 24.0 Å². The molecule has 2 aliphatic rings. The molecule has 0 aliphatic carbocycles. The van der Waals surface area contributed by atoms with Crippen molar-refractivity contribution in [1.82, 2.24) is 9.88 Å². The maximum Gasteiger partial charge on any atom is 0.293 e. The number of aryl methyl sites for hydroxylation is 1. The second kappa shape index (κ2) is 8.95. The summed E-state index contributed by atoms with van der Waals surface area (Å²) >= 11 is 1.67. The molecule has 1 amide bonds. The number of hydrogen-bond donors (Lipinski definition) is 0. The van der Waals surface area contributed by atoms with Crippen molar-refractivity contribution in [1.29, 1.82) is 0 Å². The van der Waals surface area contributed by atoms with E-state index < -0.39 is 4.92 Å². The van der Waals surface area contributed by atoms with Crippen molar-refractivity contribution < 1.29 is 14.5 Å². The molecule has 2 aliphatic heterocycles. The van der Waals surface area contributed by atoms with E-state index in [0.29, 0.717) is 63.7 Å². The number of nitro benzene ring substituents is 1. The Morgan fingerprint density at radius 2 is 1.79 bits per heavy atom. The van der Waals surface area contributed by atoms with Gasteiger partial charge >= 0.3 is 0 Å². The van der Waals surface area contributed by atoms with Crippen molar-refractivity contribution in [2.75, 3.05) is 62.3 Å². The van der Waals surface area contributed by atoms with Gasteiger partial charge in [-0.3, -0.25) is 14.9 Å². The monoisotopic (exact) mass is 467 g/mol. The first-order chi connectivity index (χ1) is 16.0. The molecule has 1 aromatic heterocycles. The zero-order chi connectivity index (χ0) is 22.9. The molecule has 0 saturated carbocycles. The molecular formula is C23H25N5O4S. The molecular weight excluding hydrogens is 442 g/mol. The lowest BCUT2D eigenvalue weighted by Gasteiger charge is -2.34. The van der Waals surface area contributed by atoms with Gasteiger partial charge in [-0.25, -0.2) is 4.98 Å². The number of amides is 1. The number of hydrogen-bond acceptors (Lipinski definition) is 8. The molecule has 0 radical (unpaired) electrons. The number of benzene rings is 2. The van der Waals surface area contributed by atoms with Crippen LogP contribution in [-0.4, -0.2) is 73.2 Å². The highest BCUT2D eigenvalue weighted by Gasteiger charge is 2.27. The van der Waals surface area contributed by atoms with Crippen molar-refractivity contribution >= 4 is 44.0 Å². The number of aromatic nitrogens is 1. The van der Waals surface area contributed by atoms with Crippen molar-refractivity contribution in [2.24, 2.45) is 0 Å². The molecule has 0 spiro atoms. The number of carbonyl (C=O) groups excluding carboxylic acids is 1. The molecule has 0 bridgehead atoms. The Balaban J connectivity index is 1.29. The van der Waals surface area contributed by atoms with Gasteiger partial charge in [-0.2, -0.15) is 0 Å². The molecule has 33 heavy (non-hydrogen) atoms. The molecule has 2 aromatic carbocycles. The number of nitrogens with zero attached hydrogens (tertiary/aromatic N) is 5. The summed E-state index contributed by atoms with van der Waals surface area (Å²) in [7, 11) is 0. The van der Waals surface area contributed by atoms with Crippen LogP contribution in [0.25, 0.3) is 10.2 Å². The van der Waals surface area contributed by atoms with Crippen LogP contribution in [0.1, 0.15) is 15.9 Å². The van der Waals surface area contributed by atoms with Gasteiger partial charge in [-0.15, -0.1) is 0 Å². The van der Waals surface area contributed by atoms with E-state index in [1.165, 1.54) is 11.6 Å². The summed E-state index contributed by atoms with van der Waals surface area (Å²) in [4.78, 5) is 35.1. The number of fused-ring (bicyclic) bond motifs is 1. The molecule has 0 N–H and O–H groups in total. The fraction of sp³-hybridized carbons (Fsp3) is 0.391. The average Bonchev–Trinajstić information content (AvgIpc) is 3.27. The number of piperazine rings is 1. The normalized spacial score (nSPS) is 16.9. The van der Waals surface area contributed by atoms with Gasteiger partial charge in [0.25, 0.3) is 11.6 Å². The van der Waals surface area contributed by atoms with Gasteiger partial charge in [0, 0.05) is 50.9 Å². The molecule has 3 aromatic rings. The third kappa shape index (κ3) is 4.36. The Hall–Kier alpha value is -3.24. The summed E-state index contributed by atoms with van der Waals surface area (Å²) in [6.07, 6.45) is 0. The highest BCUT2D eigenvalue weighted by Crippen LogP contribution is 2.32. The molecule has 0 atom stereocenters. The van der Waals surface area contributed by atoms with Crippen LogP contribution in [0.5, 0.6) is 0 Å². The number of nitro groups is 1. The van der Waals surface area contributed by atoms with E-state index in [1.54, 1.807) is 28.4 Å². The smallest absolute Gasteiger partial charge is 0.293 e. The average molecular weight is 468 g/mol. The zero-order valence-electron chi connectivity index (χ0n) is 18.4. The van der Waals surface area contributed by atoms with E-state index >= 15 is 0 Å². The molecule has 0 unspecified atom stereocenters. The maximum absolute atomic E-state index is 13.1. The lowest BCUT2D eigenvalue weighted by Crippen LogP contribution is -2.48. The highest BCUT2D eigenvalue weighted by molar-refractivity contribution is 7.22. The zero-order valence-corrected chi connectivity index (χ0v) is 19.2. The first-order valence-electron chi connectivity index (χ1n) is 11.0. The van der Waals surface area contributed by atoms with Crippen LogP contribution < -0.4 is 9.80 Å². The van der Waals surface area contributed by atoms with Crippen LogP contribution in [0.3, 0.4) is 0 Å². The molecule has 172 valence electrons. The van der Waals surface area contributed by atoms with Gasteiger partial charge in [0.05, 0.1) is 28.4 Å². The van der Waals surface area contributed by atoms with Crippen molar-refractivity contribution in [2.45, 2.75) is 6.92 Å². The Kier molecular flexibility index (Phi) is 5.86. The minimum atomic E-state index is -0.408. The van der Waals surface area contributed by atoms with Gasteiger partial charge in [-0.05, 0) is 36.8 Å². The fourth-order valence-electron chi connectivity index (χ4n) is 4.31. The largest absolute Gasteiger partial charge is 0.378 e. The number of rotatable bonds is 4. The standard InChI is InChI=1S/C23H25N5O4S/c1-16-2-4-18-21(14-16)33-23(24-18)27-8-6-26(7-9-27)22(29)17-3-5-19(20(15-17)28(30)31)25-10-12-32-13-11-25/h2-5,14-15H,6-13H2,1H3. The topological polar surface area (TPSA) is 92.1 Å². The number of anilines is 2. The minimum absolute atomic E-state index is 0.0360. The van der Waals surface area contributed by atoms with E-state index in [9.17, 15) is 14.9 Å². The summed E-state index contributed by atoms with van der Waals surface area (Å²) in [5, 5.41) is 12.7. The van der Waals surface area contributed by atoms with Gasteiger partial charge in [0.2, 0.25) is 0 Å². The first kappa shape index (κ1) is 21.6. The SMILES string of the molecule is Cc1ccc2nc(N3CCN(C(=O)c4ccc(N5CCOCC5)c([N+](=O)[O-])c4)CC3)sc2c1. The van der Waals surface area contributed by atoms with E-state index in [4.69, 9.17) is 9.72 Å². The second-order valence-electron chi connectivity index (χ2n) is 8.31. The first-order valence-corrected chi connectivity index (χ1v) is 11.8. The molecule has 2 fully saturated rings. The van der Waals surface area contributed by atoms with Crippen LogP contribution in [0.15, 0.2) is 36.4 Å². The van der Waals surface area contributed by atoms with Crippen molar-refractivity contribution in [3.63, 3.8) is 0 Å². The third-order valence-electron chi connectivity index (χ3n) is 6.14.